The van der Waals surface area contributed by atoms with Gasteiger partial charge in [-0.05, 0) is 12.5 Å². The smallest absolute Gasteiger partial charge is 0.151 e. The standard InChI is InChI=1S/C16H19N5O/c1-13(14-5-3-2-4-6-14)19-20-15-11-16(18-12-17-15)21-7-9-22-10-8-21/h2-6,11-12H,7-10H2,1H3,(H,17,18,20)/b19-13-. The van der Waals surface area contributed by atoms with Gasteiger partial charge < -0.3 is 9.64 Å². The summed E-state index contributed by atoms with van der Waals surface area (Å²) in [4.78, 5) is 10.7. The minimum Gasteiger partial charge on any atom is -0.378 e. The molecule has 0 spiro atoms. The van der Waals surface area contributed by atoms with Crippen LogP contribution in [0.4, 0.5) is 11.6 Å². The van der Waals surface area contributed by atoms with Crippen molar-refractivity contribution in [3.8, 4) is 0 Å². The van der Waals surface area contributed by atoms with Gasteiger partial charge in [-0.1, -0.05) is 30.3 Å². The molecule has 22 heavy (non-hydrogen) atoms. The first-order valence-corrected chi connectivity index (χ1v) is 7.33. The van der Waals surface area contributed by atoms with Crippen LogP contribution in [0.25, 0.3) is 0 Å². The van der Waals surface area contributed by atoms with Crippen LogP contribution in [0.15, 0.2) is 47.8 Å². The van der Waals surface area contributed by atoms with E-state index < -0.39 is 0 Å². The van der Waals surface area contributed by atoms with Gasteiger partial charge in [0.2, 0.25) is 0 Å². The normalized spacial score (nSPS) is 15.7. The molecule has 0 radical (unpaired) electrons. The zero-order valence-electron chi connectivity index (χ0n) is 12.6. The molecule has 0 atom stereocenters. The molecule has 6 nitrogen and oxygen atoms in total. The predicted molar refractivity (Wildman–Crippen MR) is 87.3 cm³/mol. The lowest BCUT2D eigenvalue weighted by molar-refractivity contribution is 0.122. The average Bonchev–Trinajstić information content (AvgIpc) is 2.61. The highest BCUT2D eigenvalue weighted by molar-refractivity contribution is 5.98. The Morgan fingerprint density at radius 3 is 2.73 bits per heavy atom. The number of morpholine rings is 1. The summed E-state index contributed by atoms with van der Waals surface area (Å²) < 4.78 is 5.36. The van der Waals surface area contributed by atoms with E-state index in [1.165, 1.54) is 0 Å². The van der Waals surface area contributed by atoms with Crippen LogP contribution in [-0.4, -0.2) is 42.0 Å². The molecule has 0 amide bonds. The number of hydrogen-bond donors (Lipinski definition) is 1. The van der Waals surface area contributed by atoms with Gasteiger partial charge in [0, 0.05) is 19.2 Å². The van der Waals surface area contributed by atoms with E-state index in [0.717, 1.165) is 43.4 Å². The van der Waals surface area contributed by atoms with Gasteiger partial charge in [0.1, 0.15) is 12.1 Å². The first kappa shape index (κ1) is 14.5. The summed E-state index contributed by atoms with van der Waals surface area (Å²) in [7, 11) is 0. The van der Waals surface area contributed by atoms with Gasteiger partial charge in [-0.3, -0.25) is 5.43 Å². The van der Waals surface area contributed by atoms with Crippen molar-refractivity contribution in [3.63, 3.8) is 0 Å². The highest BCUT2D eigenvalue weighted by Gasteiger charge is 2.12. The Morgan fingerprint density at radius 1 is 1.18 bits per heavy atom. The van der Waals surface area contributed by atoms with Gasteiger partial charge in [-0.15, -0.1) is 0 Å². The Kier molecular flexibility index (Phi) is 4.60. The first-order valence-electron chi connectivity index (χ1n) is 7.33. The lowest BCUT2D eigenvalue weighted by atomic mass is 10.1. The summed E-state index contributed by atoms with van der Waals surface area (Å²) in [5.41, 5.74) is 4.99. The summed E-state index contributed by atoms with van der Waals surface area (Å²) in [6.45, 7) is 5.13. The maximum atomic E-state index is 5.36. The summed E-state index contributed by atoms with van der Waals surface area (Å²) in [6.07, 6.45) is 1.56. The van der Waals surface area contributed by atoms with Crippen LogP contribution in [-0.2, 0) is 4.74 Å². The van der Waals surface area contributed by atoms with Gasteiger partial charge in [0.05, 0.1) is 18.9 Å². The molecule has 0 bridgehead atoms. The highest BCUT2D eigenvalue weighted by Crippen LogP contribution is 2.15. The van der Waals surface area contributed by atoms with Crippen molar-refractivity contribution >= 4 is 17.3 Å². The van der Waals surface area contributed by atoms with Crippen LogP contribution in [0, 0.1) is 0 Å². The second-order valence-electron chi connectivity index (χ2n) is 5.04. The fraction of sp³-hybridized carbons (Fsp3) is 0.312. The van der Waals surface area contributed by atoms with Crippen LogP contribution in [0.2, 0.25) is 0 Å². The topological polar surface area (TPSA) is 62.6 Å². The predicted octanol–water partition coefficient (Wildman–Crippen LogP) is 2.15. The summed E-state index contributed by atoms with van der Waals surface area (Å²) in [5.74, 6) is 1.58. The number of nitrogens with one attached hydrogen (secondary N) is 1. The van der Waals surface area contributed by atoms with Crippen molar-refractivity contribution in [3.05, 3.63) is 48.3 Å². The van der Waals surface area contributed by atoms with E-state index in [4.69, 9.17) is 4.74 Å². The molecule has 1 aliphatic rings. The lowest BCUT2D eigenvalue weighted by Crippen LogP contribution is -2.36. The van der Waals surface area contributed by atoms with E-state index >= 15 is 0 Å². The highest BCUT2D eigenvalue weighted by atomic mass is 16.5. The SMILES string of the molecule is C/C(=N/Nc1cc(N2CCOCC2)ncn1)c1ccccc1. The molecule has 114 valence electrons. The fourth-order valence-corrected chi connectivity index (χ4v) is 2.26. The maximum absolute atomic E-state index is 5.36. The Labute approximate surface area is 129 Å². The molecule has 3 rings (SSSR count). The van der Waals surface area contributed by atoms with E-state index in [9.17, 15) is 0 Å². The molecule has 2 heterocycles. The molecule has 1 N–H and O–H groups in total. The van der Waals surface area contributed by atoms with Crippen LogP contribution >= 0.6 is 0 Å². The number of hydrazone groups is 1. The van der Waals surface area contributed by atoms with Crippen molar-refractivity contribution in [1.82, 2.24) is 9.97 Å². The molecule has 1 aromatic heterocycles. The fourth-order valence-electron chi connectivity index (χ4n) is 2.26. The first-order chi connectivity index (χ1) is 10.8. The minimum absolute atomic E-state index is 0.687. The van der Waals surface area contributed by atoms with Gasteiger partial charge in [0.15, 0.2) is 5.82 Å². The molecule has 0 saturated carbocycles. The molecule has 2 aromatic rings. The Hall–Kier alpha value is -2.47. The van der Waals surface area contributed by atoms with Crippen molar-refractivity contribution < 1.29 is 4.74 Å². The molecular weight excluding hydrogens is 278 g/mol. The van der Waals surface area contributed by atoms with Crippen LogP contribution in [0.3, 0.4) is 0 Å². The molecule has 6 heteroatoms. The minimum atomic E-state index is 0.687. The van der Waals surface area contributed by atoms with Crippen molar-refractivity contribution in [2.45, 2.75) is 6.92 Å². The van der Waals surface area contributed by atoms with Crippen molar-refractivity contribution in [2.24, 2.45) is 5.10 Å². The van der Waals surface area contributed by atoms with Crippen molar-refractivity contribution in [2.75, 3.05) is 36.6 Å². The maximum Gasteiger partial charge on any atom is 0.151 e. The number of ether oxygens (including phenoxy) is 1. The molecule has 1 saturated heterocycles. The Balaban J connectivity index is 1.70. The summed E-state index contributed by atoms with van der Waals surface area (Å²) in [6, 6.07) is 11.9. The third-order valence-electron chi connectivity index (χ3n) is 3.52. The monoisotopic (exact) mass is 297 g/mol. The number of nitrogens with zero attached hydrogens (tertiary/aromatic N) is 4. The van der Waals surface area contributed by atoms with Gasteiger partial charge in [-0.25, -0.2) is 9.97 Å². The number of rotatable bonds is 4. The Bertz CT molecular complexity index is 638. The third kappa shape index (κ3) is 3.59. The largest absolute Gasteiger partial charge is 0.378 e. The van der Waals surface area contributed by atoms with Crippen LogP contribution in [0.5, 0.6) is 0 Å². The lowest BCUT2D eigenvalue weighted by Gasteiger charge is -2.27. The molecule has 1 fully saturated rings. The summed E-state index contributed by atoms with van der Waals surface area (Å²) >= 11 is 0. The van der Waals surface area contributed by atoms with E-state index in [0.29, 0.717) is 5.82 Å². The van der Waals surface area contributed by atoms with Crippen molar-refractivity contribution in [1.29, 1.82) is 0 Å². The van der Waals surface area contributed by atoms with Gasteiger partial charge in [0.25, 0.3) is 0 Å². The van der Waals surface area contributed by atoms with E-state index in [-0.39, 0.29) is 0 Å². The quantitative estimate of drug-likeness (QED) is 0.692. The van der Waals surface area contributed by atoms with Gasteiger partial charge in [-0.2, -0.15) is 5.10 Å². The molecule has 1 aromatic carbocycles. The van der Waals surface area contributed by atoms with Crippen LogP contribution in [0.1, 0.15) is 12.5 Å². The molecule has 1 aliphatic heterocycles. The zero-order chi connectivity index (χ0) is 15.2. The average molecular weight is 297 g/mol. The third-order valence-corrected chi connectivity index (χ3v) is 3.52. The molecule has 0 aliphatic carbocycles. The van der Waals surface area contributed by atoms with E-state index in [2.05, 4.69) is 25.4 Å². The van der Waals surface area contributed by atoms with Gasteiger partial charge >= 0.3 is 0 Å². The second-order valence-corrected chi connectivity index (χ2v) is 5.04. The second kappa shape index (κ2) is 7.00. The zero-order valence-corrected chi connectivity index (χ0v) is 12.6. The number of anilines is 2. The summed E-state index contributed by atoms with van der Waals surface area (Å²) in [5, 5.41) is 4.38. The van der Waals surface area contributed by atoms with Crippen LogP contribution < -0.4 is 10.3 Å². The number of aromatic nitrogens is 2. The number of benzene rings is 1. The Morgan fingerprint density at radius 2 is 1.95 bits per heavy atom. The van der Waals surface area contributed by atoms with E-state index in [1.807, 2.05) is 43.3 Å². The van der Waals surface area contributed by atoms with E-state index in [1.54, 1.807) is 6.33 Å². The number of hydrogen-bond acceptors (Lipinski definition) is 6. The molecule has 0 unspecified atom stereocenters. The molecular formula is C16H19N5O.